The fourth-order valence-electron chi connectivity index (χ4n) is 3.51. The summed E-state index contributed by atoms with van der Waals surface area (Å²) in [5.41, 5.74) is 2.83. The number of anilines is 1. The Hall–Kier alpha value is -2.53. The molecule has 3 aromatic carbocycles. The molecule has 0 aromatic heterocycles. The molecule has 30 heavy (non-hydrogen) atoms. The summed E-state index contributed by atoms with van der Waals surface area (Å²) in [6.45, 7) is 2.45. The molecule has 1 unspecified atom stereocenters. The van der Waals surface area contributed by atoms with Gasteiger partial charge < -0.3 is 5.32 Å². The molecule has 1 N–H and O–H groups in total. The second-order valence-corrected chi connectivity index (χ2v) is 8.60. The van der Waals surface area contributed by atoms with Gasteiger partial charge in [0, 0.05) is 20.8 Å². The highest BCUT2D eigenvalue weighted by Gasteiger charge is 2.42. The molecule has 1 aliphatic heterocycles. The Kier molecular flexibility index (Phi) is 5.74. The van der Waals surface area contributed by atoms with Crippen molar-refractivity contribution in [1.29, 1.82) is 0 Å². The van der Waals surface area contributed by atoms with Gasteiger partial charge in [-0.3, -0.25) is 0 Å². The second-order valence-electron chi connectivity index (χ2n) is 7.29. The third kappa shape index (κ3) is 4.17. The van der Waals surface area contributed by atoms with Crippen molar-refractivity contribution in [1.82, 2.24) is 5.01 Å². The highest BCUT2D eigenvalue weighted by atomic mass is 35.5. The average molecular weight is 459 g/mol. The van der Waals surface area contributed by atoms with Gasteiger partial charge in [0.2, 0.25) is 0 Å². The van der Waals surface area contributed by atoms with Gasteiger partial charge in [-0.1, -0.05) is 59.1 Å². The van der Waals surface area contributed by atoms with Crippen LogP contribution in [0.25, 0.3) is 0 Å². The van der Waals surface area contributed by atoms with E-state index in [4.69, 9.17) is 34.8 Å². The number of hydrogen-bond acceptors (Lipinski definition) is 2. The number of nitrogens with one attached hydrogen (secondary N) is 1. The second kappa shape index (κ2) is 8.31. The van der Waals surface area contributed by atoms with Crippen LogP contribution in [-0.2, 0) is 5.41 Å². The van der Waals surface area contributed by atoms with Crippen molar-refractivity contribution in [3.63, 3.8) is 0 Å². The Morgan fingerprint density at radius 2 is 1.37 bits per heavy atom. The minimum absolute atomic E-state index is 0.318. The van der Waals surface area contributed by atoms with Crippen LogP contribution in [-0.4, -0.2) is 23.3 Å². The maximum absolute atomic E-state index is 12.9. The fraction of sp³-hybridized carbons (Fsp3) is 0.130. The van der Waals surface area contributed by atoms with E-state index in [2.05, 4.69) is 17.3 Å². The Balaban J connectivity index is 1.69. The molecule has 1 atom stereocenters. The lowest BCUT2D eigenvalue weighted by atomic mass is 9.76. The molecule has 2 amide bonds. The van der Waals surface area contributed by atoms with Crippen LogP contribution in [0.3, 0.4) is 0 Å². The van der Waals surface area contributed by atoms with Crippen LogP contribution in [0.5, 0.6) is 0 Å². The molecule has 0 bridgehead atoms. The molecule has 152 valence electrons. The van der Waals surface area contributed by atoms with Gasteiger partial charge in [0.15, 0.2) is 0 Å². The molecule has 1 aliphatic rings. The number of amides is 2. The third-order valence-electron chi connectivity index (χ3n) is 5.14. The van der Waals surface area contributed by atoms with Gasteiger partial charge in [-0.25, -0.2) is 9.80 Å². The molecule has 4 rings (SSSR count). The number of hydrogen-bond donors (Lipinski definition) is 1. The lowest BCUT2D eigenvalue weighted by Crippen LogP contribution is -2.38. The molecule has 0 radical (unpaired) electrons. The third-order valence-corrected chi connectivity index (χ3v) is 5.89. The molecule has 4 nitrogen and oxygen atoms in total. The molecule has 0 spiro atoms. The van der Waals surface area contributed by atoms with Gasteiger partial charge in [0.25, 0.3) is 0 Å². The summed E-state index contributed by atoms with van der Waals surface area (Å²) in [7, 11) is 0. The zero-order chi connectivity index (χ0) is 21.3. The van der Waals surface area contributed by atoms with Crippen molar-refractivity contribution in [3.05, 3.63) is 99.0 Å². The van der Waals surface area contributed by atoms with Crippen LogP contribution in [0.15, 0.2) is 77.9 Å². The number of urea groups is 1. The maximum atomic E-state index is 12.9. The van der Waals surface area contributed by atoms with E-state index in [1.54, 1.807) is 24.3 Å². The molecule has 0 saturated carbocycles. The van der Waals surface area contributed by atoms with Crippen molar-refractivity contribution in [2.24, 2.45) is 5.10 Å². The van der Waals surface area contributed by atoms with Crippen LogP contribution in [0.2, 0.25) is 15.1 Å². The minimum atomic E-state index is -0.518. The summed E-state index contributed by atoms with van der Waals surface area (Å²) >= 11 is 18.1. The maximum Gasteiger partial charge on any atom is 0.342 e. The van der Waals surface area contributed by atoms with Crippen LogP contribution in [0.1, 0.15) is 18.1 Å². The Labute approximate surface area is 190 Å². The summed E-state index contributed by atoms with van der Waals surface area (Å²) in [4.78, 5) is 12.9. The predicted octanol–water partition coefficient (Wildman–Crippen LogP) is 6.86. The number of halogens is 3. The zero-order valence-corrected chi connectivity index (χ0v) is 18.3. The summed E-state index contributed by atoms with van der Waals surface area (Å²) < 4.78 is 0. The highest BCUT2D eigenvalue weighted by molar-refractivity contribution is 6.31. The SMILES string of the molecule is CC1(c2ccc(Cl)cc2)CN(C(=O)Nc2ccc(Cl)cc2)N=C1c1ccc(Cl)cc1. The van der Waals surface area contributed by atoms with Crippen LogP contribution >= 0.6 is 34.8 Å². The van der Waals surface area contributed by atoms with Gasteiger partial charge >= 0.3 is 6.03 Å². The number of carbonyl (C=O) groups excluding carboxylic acids is 1. The van der Waals surface area contributed by atoms with E-state index in [9.17, 15) is 4.79 Å². The monoisotopic (exact) mass is 457 g/mol. The van der Waals surface area contributed by atoms with Gasteiger partial charge in [-0.15, -0.1) is 0 Å². The van der Waals surface area contributed by atoms with E-state index >= 15 is 0 Å². The fourth-order valence-corrected chi connectivity index (χ4v) is 3.89. The molecule has 0 saturated heterocycles. The first-order chi connectivity index (χ1) is 14.3. The Bertz CT molecular complexity index is 1100. The first kappa shape index (κ1) is 20.7. The number of benzene rings is 3. The van der Waals surface area contributed by atoms with Crippen LogP contribution in [0, 0.1) is 0 Å². The van der Waals surface area contributed by atoms with Crippen molar-refractivity contribution in [2.75, 3.05) is 11.9 Å². The first-order valence-electron chi connectivity index (χ1n) is 9.30. The summed E-state index contributed by atoms with van der Waals surface area (Å²) in [5, 5.41) is 10.9. The normalized spacial score (nSPS) is 18.3. The van der Waals surface area contributed by atoms with E-state index in [0.717, 1.165) is 16.8 Å². The molecule has 1 heterocycles. The van der Waals surface area contributed by atoms with Gasteiger partial charge in [0.05, 0.1) is 17.7 Å². The number of nitrogens with zero attached hydrogens (tertiary/aromatic N) is 2. The van der Waals surface area contributed by atoms with Gasteiger partial charge in [0.1, 0.15) is 0 Å². The standard InChI is InChI=1S/C23H18Cl3N3O/c1-23(16-4-8-18(25)9-5-16)14-29(22(30)27-20-12-10-19(26)11-13-20)28-21(23)15-2-6-17(24)7-3-15/h2-13H,14H2,1H3,(H,27,30). The predicted molar refractivity (Wildman–Crippen MR) is 124 cm³/mol. The number of hydrazone groups is 1. The molecule has 3 aromatic rings. The molecular formula is C23H18Cl3N3O. The largest absolute Gasteiger partial charge is 0.342 e. The summed E-state index contributed by atoms with van der Waals surface area (Å²) in [6, 6.07) is 21.7. The Morgan fingerprint density at radius 3 is 1.93 bits per heavy atom. The number of carbonyl (C=O) groups is 1. The topological polar surface area (TPSA) is 44.7 Å². The molecule has 7 heteroatoms. The highest BCUT2D eigenvalue weighted by Crippen LogP contribution is 2.36. The molecule has 0 aliphatic carbocycles. The first-order valence-corrected chi connectivity index (χ1v) is 10.4. The van der Waals surface area contributed by atoms with E-state index < -0.39 is 5.41 Å². The smallest absolute Gasteiger partial charge is 0.306 e. The van der Waals surface area contributed by atoms with E-state index in [0.29, 0.717) is 27.3 Å². The van der Waals surface area contributed by atoms with E-state index in [1.807, 2.05) is 48.5 Å². The summed E-state index contributed by atoms with van der Waals surface area (Å²) in [6.07, 6.45) is 0. The van der Waals surface area contributed by atoms with Crippen molar-refractivity contribution >= 4 is 52.2 Å². The van der Waals surface area contributed by atoms with Crippen molar-refractivity contribution in [2.45, 2.75) is 12.3 Å². The summed E-state index contributed by atoms with van der Waals surface area (Å²) in [5.74, 6) is 0. The van der Waals surface area contributed by atoms with E-state index in [1.165, 1.54) is 5.01 Å². The van der Waals surface area contributed by atoms with Crippen molar-refractivity contribution in [3.8, 4) is 0 Å². The minimum Gasteiger partial charge on any atom is -0.306 e. The Morgan fingerprint density at radius 1 is 0.867 bits per heavy atom. The van der Waals surface area contributed by atoms with Gasteiger partial charge in [-0.05, 0) is 66.6 Å². The van der Waals surface area contributed by atoms with Gasteiger partial charge in [-0.2, -0.15) is 5.10 Å². The molecular weight excluding hydrogens is 441 g/mol. The van der Waals surface area contributed by atoms with E-state index in [-0.39, 0.29) is 6.03 Å². The zero-order valence-electron chi connectivity index (χ0n) is 16.1. The number of rotatable bonds is 3. The van der Waals surface area contributed by atoms with Crippen molar-refractivity contribution < 1.29 is 4.79 Å². The lowest BCUT2D eigenvalue weighted by Gasteiger charge is -2.27. The molecule has 0 fully saturated rings. The van der Waals surface area contributed by atoms with Crippen LogP contribution < -0.4 is 5.32 Å². The van der Waals surface area contributed by atoms with Crippen LogP contribution in [0.4, 0.5) is 10.5 Å². The lowest BCUT2D eigenvalue weighted by molar-refractivity contribution is 0.214. The quantitative estimate of drug-likeness (QED) is 0.458. The average Bonchev–Trinajstić information content (AvgIpc) is 3.09.